The van der Waals surface area contributed by atoms with Crippen LogP contribution in [-0.4, -0.2) is 30.4 Å². The molecule has 0 unspecified atom stereocenters. The van der Waals surface area contributed by atoms with E-state index in [9.17, 15) is 4.79 Å². The summed E-state index contributed by atoms with van der Waals surface area (Å²) in [5, 5.41) is 6.83. The smallest absolute Gasteiger partial charge is 0.267 e. The minimum atomic E-state index is -1.04. The first kappa shape index (κ1) is 18.3. The largest absolute Gasteiger partial charge is 0.478 e. The molecule has 0 bridgehead atoms. The fourth-order valence-corrected chi connectivity index (χ4v) is 2.72. The molecule has 2 N–H and O–H groups in total. The summed E-state index contributed by atoms with van der Waals surface area (Å²) < 4.78 is 5.83. The molecule has 2 aromatic rings. The molecule has 0 radical (unpaired) electrons. The highest BCUT2D eigenvalue weighted by atomic mass is 35.5. The van der Waals surface area contributed by atoms with E-state index in [0.717, 1.165) is 30.9 Å². The Morgan fingerprint density at radius 1 is 1.23 bits per heavy atom. The number of hydrogen-bond donors (Lipinski definition) is 2. The SMILES string of the molecule is CC(C)(Oc1ccc(Cl)cc1)C(=O)Nc1cccc(C2=NCCCN2)c1. The van der Waals surface area contributed by atoms with Crippen molar-refractivity contribution in [3.05, 3.63) is 59.1 Å². The Balaban J connectivity index is 1.70. The van der Waals surface area contributed by atoms with Gasteiger partial charge in [0.2, 0.25) is 0 Å². The van der Waals surface area contributed by atoms with Crippen molar-refractivity contribution in [2.24, 2.45) is 4.99 Å². The molecule has 2 aromatic carbocycles. The second kappa shape index (κ2) is 7.79. The predicted octanol–water partition coefficient (Wildman–Crippen LogP) is 3.88. The molecule has 26 heavy (non-hydrogen) atoms. The third-order valence-electron chi connectivity index (χ3n) is 4.02. The van der Waals surface area contributed by atoms with E-state index >= 15 is 0 Å². The molecule has 0 spiro atoms. The van der Waals surface area contributed by atoms with Crippen molar-refractivity contribution in [2.45, 2.75) is 25.9 Å². The van der Waals surface area contributed by atoms with Gasteiger partial charge in [-0.05, 0) is 56.7 Å². The van der Waals surface area contributed by atoms with E-state index < -0.39 is 5.60 Å². The minimum absolute atomic E-state index is 0.233. The molecule has 1 heterocycles. The van der Waals surface area contributed by atoms with Crippen LogP contribution in [0.5, 0.6) is 5.75 Å². The van der Waals surface area contributed by atoms with Crippen LogP contribution in [0.2, 0.25) is 5.02 Å². The van der Waals surface area contributed by atoms with E-state index in [2.05, 4.69) is 15.6 Å². The van der Waals surface area contributed by atoms with Crippen molar-refractivity contribution in [3.8, 4) is 5.75 Å². The standard InChI is InChI=1S/C20H22ClN3O2/c1-20(2,26-17-9-7-15(21)8-10-17)19(25)24-16-6-3-5-14(13-16)18-22-11-4-12-23-18/h3,5-10,13H,4,11-12H2,1-2H3,(H,22,23)(H,24,25). The number of aliphatic imine (C=N–C) groups is 1. The number of hydrogen-bond acceptors (Lipinski definition) is 4. The van der Waals surface area contributed by atoms with Gasteiger partial charge in [0.1, 0.15) is 11.6 Å². The van der Waals surface area contributed by atoms with Crippen molar-refractivity contribution in [2.75, 3.05) is 18.4 Å². The van der Waals surface area contributed by atoms with Crippen LogP contribution < -0.4 is 15.4 Å². The molecule has 1 aliphatic rings. The van der Waals surface area contributed by atoms with Crippen molar-refractivity contribution in [3.63, 3.8) is 0 Å². The number of carbonyl (C=O) groups excluding carboxylic acids is 1. The third-order valence-corrected chi connectivity index (χ3v) is 4.28. The van der Waals surface area contributed by atoms with Gasteiger partial charge in [-0.25, -0.2) is 0 Å². The van der Waals surface area contributed by atoms with Crippen molar-refractivity contribution >= 4 is 29.0 Å². The van der Waals surface area contributed by atoms with E-state index in [1.807, 2.05) is 24.3 Å². The monoisotopic (exact) mass is 371 g/mol. The number of nitrogens with one attached hydrogen (secondary N) is 2. The van der Waals surface area contributed by atoms with Crippen LogP contribution in [0, 0.1) is 0 Å². The van der Waals surface area contributed by atoms with Gasteiger partial charge in [-0.15, -0.1) is 0 Å². The number of amides is 1. The number of carbonyl (C=O) groups is 1. The van der Waals surface area contributed by atoms with Crippen LogP contribution in [-0.2, 0) is 4.79 Å². The summed E-state index contributed by atoms with van der Waals surface area (Å²) in [7, 11) is 0. The molecule has 6 heteroatoms. The number of nitrogens with zero attached hydrogens (tertiary/aromatic N) is 1. The van der Waals surface area contributed by atoms with E-state index in [4.69, 9.17) is 16.3 Å². The molecular weight excluding hydrogens is 350 g/mol. The van der Waals surface area contributed by atoms with Gasteiger partial charge in [0.25, 0.3) is 5.91 Å². The van der Waals surface area contributed by atoms with Crippen LogP contribution in [0.25, 0.3) is 0 Å². The Morgan fingerprint density at radius 3 is 2.69 bits per heavy atom. The van der Waals surface area contributed by atoms with Crippen LogP contribution in [0.15, 0.2) is 53.5 Å². The van der Waals surface area contributed by atoms with Gasteiger partial charge in [0.15, 0.2) is 5.60 Å². The van der Waals surface area contributed by atoms with Gasteiger partial charge in [-0.1, -0.05) is 23.7 Å². The first-order chi connectivity index (χ1) is 12.4. The van der Waals surface area contributed by atoms with Crippen molar-refractivity contribution in [1.29, 1.82) is 0 Å². The lowest BCUT2D eigenvalue weighted by molar-refractivity contribution is -0.128. The molecule has 5 nitrogen and oxygen atoms in total. The first-order valence-corrected chi connectivity index (χ1v) is 8.97. The average Bonchev–Trinajstić information content (AvgIpc) is 2.64. The van der Waals surface area contributed by atoms with E-state index in [1.165, 1.54) is 0 Å². The number of halogens is 1. The molecule has 0 fully saturated rings. The molecule has 0 atom stereocenters. The lowest BCUT2D eigenvalue weighted by Crippen LogP contribution is -2.42. The van der Waals surface area contributed by atoms with Crippen LogP contribution >= 0.6 is 11.6 Å². The Labute approximate surface area is 158 Å². The summed E-state index contributed by atoms with van der Waals surface area (Å²) in [4.78, 5) is 17.2. The summed E-state index contributed by atoms with van der Waals surface area (Å²) in [5.41, 5.74) is 0.624. The fraction of sp³-hybridized carbons (Fsp3) is 0.300. The summed E-state index contributed by atoms with van der Waals surface area (Å²) in [6.45, 7) is 5.19. The van der Waals surface area contributed by atoms with Crippen molar-refractivity contribution in [1.82, 2.24) is 5.32 Å². The summed E-state index contributed by atoms with van der Waals surface area (Å²) >= 11 is 5.88. The highest BCUT2D eigenvalue weighted by Crippen LogP contribution is 2.22. The normalized spacial score (nSPS) is 14.2. The summed E-state index contributed by atoms with van der Waals surface area (Å²) in [5.74, 6) is 1.22. The van der Waals surface area contributed by atoms with E-state index in [0.29, 0.717) is 16.5 Å². The minimum Gasteiger partial charge on any atom is -0.478 e. The molecule has 0 aliphatic carbocycles. The zero-order chi connectivity index (χ0) is 18.6. The predicted molar refractivity (Wildman–Crippen MR) is 105 cm³/mol. The quantitative estimate of drug-likeness (QED) is 0.838. The van der Waals surface area contributed by atoms with Crippen LogP contribution in [0.3, 0.4) is 0 Å². The zero-order valence-corrected chi connectivity index (χ0v) is 15.6. The molecular formula is C20H22ClN3O2. The molecule has 0 aromatic heterocycles. The molecule has 1 aliphatic heterocycles. The van der Waals surface area contributed by atoms with Crippen molar-refractivity contribution < 1.29 is 9.53 Å². The molecule has 0 saturated carbocycles. The number of rotatable bonds is 5. The number of benzene rings is 2. The van der Waals surface area contributed by atoms with Crippen LogP contribution in [0.1, 0.15) is 25.8 Å². The van der Waals surface area contributed by atoms with Crippen LogP contribution in [0.4, 0.5) is 5.69 Å². The second-order valence-electron chi connectivity index (χ2n) is 6.61. The van der Waals surface area contributed by atoms with Gasteiger partial charge >= 0.3 is 0 Å². The number of amidine groups is 1. The van der Waals surface area contributed by atoms with Gasteiger partial charge in [0, 0.05) is 29.4 Å². The Kier molecular flexibility index (Phi) is 5.47. The molecule has 3 rings (SSSR count). The number of anilines is 1. The first-order valence-electron chi connectivity index (χ1n) is 8.59. The van der Waals surface area contributed by atoms with Gasteiger partial charge in [-0.3, -0.25) is 9.79 Å². The Bertz CT molecular complexity index is 816. The Hall–Kier alpha value is -2.53. The zero-order valence-electron chi connectivity index (χ0n) is 14.9. The Morgan fingerprint density at radius 2 is 2.00 bits per heavy atom. The lowest BCUT2D eigenvalue weighted by Gasteiger charge is -2.25. The third kappa shape index (κ3) is 4.55. The maximum Gasteiger partial charge on any atom is 0.267 e. The summed E-state index contributed by atoms with van der Waals surface area (Å²) in [6, 6.07) is 14.6. The highest BCUT2D eigenvalue weighted by Gasteiger charge is 2.30. The van der Waals surface area contributed by atoms with Gasteiger partial charge in [-0.2, -0.15) is 0 Å². The second-order valence-corrected chi connectivity index (χ2v) is 7.05. The highest BCUT2D eigenvalue weighted by molar-refractivity contribution is 6.30. The van der Waals surface area contributed by atoms with E-state index in [1.54, 1.807) is 38.1 Å². The average molecular weight is 372 g/mol. The van der Waals surface area contributed by atoms with Gasteiger partial charge < -0.3 is 15.4 Å². The summed E-state index contributed by atoms with van der Waals surface area (Å²) in [6.07, 6.45) is 1.04. The fourth-order valence-electron chi connectivity index (χ4n) is 2.60. The molecule has 136 valence electrons. The van der Waals surface area contributed by atoms with E-state index in [-0.39, 0.29) is 5.91 Å². The topological polar surface area (TPSA) is 62.7 Å². The maximum atomic E-state index is 12.7. The lowest BCUT2D eigenvalue weighted by atomic mass is 10.1. The number of ether oxygens (including phenoxy) is 1. The molecule has 1 amide bonds. The molecule has 0 saturated heterocycles. The van der Waals surface area contributed by atoms with Gasteiger partial charge in [0.05, 0.1) is 0 Å². The maximum absolute atomic E-state index is 12.7.